The number of carbonyl (C=O) groups is 3. The van der Waals surface area contributed by atoms with Gasteiger partial charge in [-0.05, 0) is 72.4 Å². The molecule has 55 heavy (non-hydrogen) atoms. The van der Waals surface area contributed by atoms with Crippen molar-refractivity contribution in [1.29, 1.82) is 0 Å². The van der Waals surface area contributed by atoms with Crippen LogP contribution in [0.3, 0.4) is 0 Å². The maximum atomic E-state index is 13.0. The molecule has 2 aromatic heterocycles. The van der Waals surface area contributed by atoms with Crippen LogP contribution in [-0.2, 0) is 15.1 Å². The maximum absolute atomic E-state index is 13.0. The molecule has 0 radical (unpaired) electrons. The first-order valence-electron chi connectivity index (χ1n) is 17.0. The SMILES string of the molecule is CC(C)(CNC(=O)C(=O)Nc1ccccc1-n1ccnc1)CNC(=O)c1ccc(Nc2nc(NC3(c4ccc(Cl)cc4)CC3)nc(OCC(F)(F)F)n2)cc1. The quantitative estimate of drug-likeness (QED) is 0.0840. The minimum atomic E-state index is -4.61. The number of alkyl halides is 3. The van der Waals surface area contributed by atoms with E-state index in [1.165, 1.54) is 0 Å². The molecule has 0 bridgehead atoms. The number of amides is 3. The number of nitrogens with one attached hydrogen (secondary N) is 5. The van der Waals surface area contributed by atoms with Crippen molar-refractivity contribution in [3.63, 3.8) is 0 Å². The first-order valence-corrected chi connectivity index (χ1v) is 17.4. The zero-order valence-electron chi connectivity index (χ0n) is 29.6. The van der Waals surface area contributed by atoms with Crippen LogP contribution in [0, 0.1) is 5.41 Å². The third kappa shape index (κ3) is 10.5. The molecule has 18 heteroatoms. The van der Waals surface area contributed by atoms with Crippen molar-refractivity contribution < 1.29 is 32.3 Å². The highest BCUT2D eigenvalue weighted by molar-refractivity contribution is 6.39. The number of imidazole rings is 1. The average molecular weight is 777 g/mol. The minimum Gasteiger partial charge on any atom is -0.454 e. The van der Waals surface area contributed by atoms with Crippen LogP contribution in [0.15, 0.2) is 91.5 Å². The predicted octanol–water partition coefficient (Wildman–Crippen LogP) is 6.01. The van der Waals surface area contributed by atoms with Crippen LogP contribution in [0.2, 0.25) is 5.02 Å². The Labute approximate surface area is 318 Å². The third-order valence-electron chi connectivity index (χ3n) is 8.48. The molecule has 1 fully saturated rings. The number of halogens is 4. The van der Waals surface area contributed by atoms with Gasteiger partial charge in [-0.15, -0.1) is 0 Å². The molecule has 0 aliphatic heterocycles. The Morgan fingerprint density at radius 2 is 1.56 bits per heavy atom. The molecule has 1 aliphatic carbocycles. The number of anilines is 4. The average Bonchev–Trinajstić information content (AvgIpc) is 3.71. The molecule has 1 aliphatic rings. The molecule has 0 atom stereocenters. The molecule has 5 N–H and O–H groups in total. The van der Waals surface area contributed by atoms with Gasteiger partial charge in [0.2, 0.25) is 11.9 Å². The lowest BCUT2D eigenvalue weighted by Gasteiger charge is -2.25. The molecular weight excluding hydrogens is 741 g/mol. The van der Waals surface area contributed by atoms with E-state index in [0.29, 0.717) is 27.6 Å². The van der Waals surface area contributed by atoms with Gasteiger partial charge in [-0.1, -0.05) is 49.7 Å². The van der Waals surface area contributed by atoms with Gasteiger partial charge >= 0.3 is 24.0 Å². The fraction of sp³-hybridized carbons (Fsp3) is 0.270. The van der Waals surface area contributed by atoms with E-state index in [0.717, 1.165) is 18.4 Å². The number of ether oxygens (including phenoxy) is 1. The van der Waals surface area contributed by atoms with Crippen molar-refractivity contribution in [2.45, 2.75) is 38.4 Å². The summed E-state index contributed by atoms with van der Waals surface area (Å²) >= 11 is 6.04. The topological polar surface area (TPSA) is 177 Å². The van der Waals surface area contributed by atoms with Crippen molar-refractivity contribution in [1.82, 2.24) is 35.1 Å². The van der Waals surface area contributed by atoms with E-state index in [9.17, 15) is 27.6 Å². The Bertz CT molecular complexity index is 2140. The van der Waals surface area contributed by atoms with Gasteiger partial charge in [-0.3, -0.25) is 14.4 Å². The van der Waals surface area contributed by atoms with Crippen LogP contribution in [0.5, 0.6) is 6.01 Å². The summed E-state index contributed by atoms with van der Waals surface area (Å²) in [7, 11) is 0. The van der Waals surface area contributed by atoms with E-state index >= 15 is 0 Å². The van der Waals surface area contributed by atoms with Crippen molar-refractivity contribution >= 4 is 52.6 Å². The second-order valence-corrected chi connectivity index (χ2v) is 14.0. The lowest BCUT2D eigenvalue weighted by atomic mass is 9.93. The first kappa shape index (κ1) is 38.5. The minimum absolute atomic E-state index is 0.00787. The van der Waals surface area contributed by atoms with Gasteiger partial charge < -0.3 is 35.9 Å². The van der Waals surface area contributed by atoms with Gasteiger partial charge in [-0.2, -0.15) is 28.1 Å². The number of hydrogen-bond donors (Lipinski definition) is 5. The standard InChI is InChI=1S/C37H36ClF3N10O4/c1-35(2,20-44-30(53)31(54)46-27-5-3-4-6-28(27)51-18-17-42-22-51)19-43-29(52)23-7-13-26(14-8-23)45-32-47-33(49-34(48-32)55-21-37(39,40)41)50-36(15-16-36)24-9-11-25(38)12-10-24/h3-14,17-18,22H,15-16,19-21H2,1-2H3,(H,43,52)(H,44,53)(H,46,54)(H2,45,47,48,49,50). The predicted molar refractivity (Wildman–Crippen MR) is 198 cm³/mol. The Hall–Kier alpha value is -6.23. The Morgan fingerprint density at radius 3 is 2.24 bits per heavy atom. The molecule has 1 saturated carbocycles. The van der Waals surface area contributed by atoms with E-state index < -0.39 is 47.5 Å². The number of hydrogen-bond acceptors (Lipinski definition) is 10. The lowest BCUT2D eigenvalue weighted by molar-refractivity contribution is -0.154. The Morgan fingerprint density at radius 1 is 0.873 bits per heavy atom. The van der Waals surface area contributed by atoms with Crippen LogP contribution in [0.25, 0.3) is 5.69 Å². The smallest absolute Gasteiger partial charge is 0.422 e. The number of benzene rings is 3. The zero-order chi connectivity index (χ0) is 39.2. The molecule has 0 saturated heterocycles. The Kier molecular flexibility index (Phi) is 11.2. The molecule has 3 aromatic carbocycles. The second-order valence-electron chi connectivity index (χ2n) is 13.6. The number of aromatic nitrogens is 5. The second kappa shape index (κ2) is 16.0. The van der Waals surface area contributed by atoms with Crippen LogP contribution >= 0.6 is 11.6 Å². The number of nitrogens with zero attached hydrogens (tertiary/aromatic N) is 5. The van der Waals surface area contributed by atoms with Crippen molar-refractivity contribution in [2.75, 3.05) is 35.6 Å². The summed E-state index contributed by atoms with van der Waals surface area (Å²) in [5, 5.41) is 14.8. The number of rotatable bonds is 14. The van der Waals surface area contributed by atoms with Gasteiger partial charge in [0.15, 0.2) is 6.61 Å². The van der Waals surface area contributed by atoms with Gasteiger partial charge in [0.05, 0.1) is 23.2 Å². The van der Waals surface area contributed by atoms with Gasteiger partial charge in [-0.25, -0.2) is 4.98 Å². The largest absolute Gasteiger partial charge is 0.454 e. The van der Waals surface area contributed by atoms with Gasteiger partial charge in [0, 0.05) is 41.8 Å². The molecule has 6 rings (SSSR count). The summed E-state index contributed by atoms with van der Waals surface area (Å²) < 4.78 is 45.4. The van der Waals surface area contributed by atoms with E-state index in [1.807, 2.05) is 26.0 Å². The molecule has 0 spiro atoms. The highest BCUT2D eigenvalue weighted by Gasteiger charge is 2.45. The fourth-order valence-electron chi connectivity index (χ4n) is 5.38. The maximum Gasteiger partial charge on any atom is 0.422 e. The van der Waals surface area contributed by atoms with E-state index in [-0.39, 0.29) is 25.0 Å². The zero-order valence-corrected chi connectivity index (χ0v) is 30.3. The van der Waals surface area contributed by atoms with Crippen LogP contribution in [0.4, 0.5) is 36.4 Å². The third-order valence-corrected chi connectivity index (χ3v) is 8.73. The van der Waals surface area contributed by atoms with E-state index in [2.05, 4.69) is 46.5 Å². The summed E-state index contributed by atoms with van der Waals surface area (Å²) in [6, 6.07) is 19.9. The molecule has 5 aromatic rings. The monoisotopic (exact) mass is 776 g/mol. The number of para-hydroxylation sites is 2. The normalized spacial score (nSPS) is 13.3. The molecule has 14 nitrogen and oxygen atoms in total. The number of carbonyl (C=O) groups excluding carboxylic acids is 3. The van der Waals surface area contributed by atoms with E-state index in [4.69, 9.17) is 16.3 Å². The highest BCUT2D eigenvalue weighted by atomic mass is 35.5. The van der Waals surface area contributed by atoms with E-state index in [1.54, 1.807) is 84.0 Å². The van der Waals surface area contributed by atoms with Crippen molar-refractivity contribution in [3.05, 3.63) is 108 Å². The van der Waals surface area contributed by atoms with Gasteiger partial charge in [0.1, 0.15) is 0 Å². The molecule has 2 heterocycles. The van der Waals surface area contributed by atoms with Crippen molar-refractivity contribution in [2.24, 2.45) is 5.41 Å². The summed E-state index contributed by atoms with van der Waals surface area (Å²) in [6.45, 7) is 2.29. The van der Waals surface area contributed by atoms with Crippen LogP contribution in [-0.4, -0.2) is 68.1 Å². The highest BCUT2D eigenvalue weighted by Crippen LogP contribution is 2.48. The lowest BCUT2D eigenvalue weighted by Crippen LogP contribution is -2.45. The fourth-order valence-corrected chi connectivity index (χ4v) is 5.50. The van der Waals surface area contributed by atoms with Crippen LogP contribution < -0.4 is 31.3 Å². The summed E-state index contributed by atoms with van der Waals surface area (Å²) in [4.78, 5) is 54.8. The molecule has 3 amide bonds. The summed E-state index contributed by atoms with van der Waals surface area (Å²) in [5.74, 6) is -2.16. The van der Waals surface area contributed by atoms with Gasteiger partial charge in [0.25, 0.3) is 5.91 Å². The summed E-state index contributed by atoms with van der Waals surface area (Å²) in [5.41, 5.74) is 1.57. The Balaban J connectivity index is 1.03. The van der Waals surface area contributed by atoms with Crippen molar-refractivity contribution in [3.8, 4) is 11.7 Å². The molecular formula is C37H36ClF3N10O4. The first-order chi connectivity index (χ1) is 26.2. The van der Waals surface area contributed by atoms with Crippen LogP contribution in [0.1, 0.15) is 42.6 Å². The molecule has 0 unspecified atom stereocenters. The molecule has 286 valence electrons. The summed E-state index contributed by atoms with van der Waals surface area (Å²) in [6.07, 6.45) is 1.74.